The van der Waals surface area contributed by atoms with Gasteiger partial charge in [-0.25, -0.2) is 23.4 Å². The number of nitrogens with zero attached hydrogens (tertiary/aromatic N) is 6. The minimum absolute atomic E-state index is 0.130. The number of nitrogens with one attached hydrogen (secondary N) is 1. The lowest BCUT2D eigenvalue weighted by atomic mass is 9.88. The molecule has 1 saturated heterocycles. The molecule has 1 N–H and O–H groups in total. The van der Waals surface area contributed by atoms with E-state index >= 15 is 0 Å². The van der Waals surface area contributed by atoms with Crippen molar-refractivity contribution in [1.82, 2.24) is 24.7 Å². The van der Waals surface area contributed by atoms with E-state index in [2.05, 4.69) is 64.3 Å². The Balaban J connectivity index is 1.30. The highest BCUT2D eigenvalue weighted by molar-refractivity contribution is 7.90. The van der Waals surface area contributed by atoms with Crippen LogP contribution in [0.1, 0.15) is 51.1 Å². The maximum Gasteiger partial charge on any atom is 0.166 e. The van der Waals surface area contributed by atoms with Gasteiger partial charge in [-0.15, -0.1) is 0 Å². The largest absolute Gasteiger partial charge is 0.368 e. The number of aromatic nitrogens is 5. The summed E-state index contributed by atoms with van der Waals surface area (Å²) in [6.45, 7) is 7.17. The summed E-state index contributed by atoms with van der Waals surface area (Å²) in [5.74, 6) is 2.47. The van der Waals surface area contributed by atoms with Gasteiger partial charge in [-0.05, 0) is 54.8 Å². The first-order chi connectivity index (χ1) is 18.6. The number of rotatable bonds is 8. The molecule has 0 bridgehead atoms. The van der Waals surface area contributed by atoms with Crippen molar-refractivity contribution in [2.45, 2.75) is 51.6 Å². The van der Waals surface area contributed by atoms with E-state index in [4.69, 9.17) is 16.6 Å². The fourth-order valence-corrected chi connectivity index (χ4v) is 6.77. The summed E-state index contributed by atoms with van der Waals surface area (Å²) in [4.78, 5) is 16.1. The number of benzene rings is 1. The van der Waals surface area contributed by atoms with Crippen LogP contribution in [-0.4, -0.2) is 57.7 Å². The molecular weight excluding hydrogens is 534 g/mol. The Morgan fingerprint density at radius 2 is 1.92 bits per heavy atom. The molecule has 1 aliphatic carbocycles. The molecule has 0 unspecified atom stereocenters. The Bertz CT molecular complexity index is 1670. The molecule has 4 aromatic rings. The van der Waals surface area contributed by atoms with Crippen LogP contribution in [0.3, 0.4) is 0 Å². The van der Waals surface area contributed by atoms with Crippen LogP contribution in [0.25, 0.3) is 22.2 Å². The minimum Gasteiger partial charge on any atom is -0.368 e. The van der Waals surface area contributed by atoms with Crippen LogP contribution in [0, 0.1) is 5.92 Å². The van der Waals surface area contributed by atoms with Gasteiger partial charge in [-0.3, -0.25) is 4.68 Å². The van der Waals surface area contributed by atoms with Gasteiger partial charge in [0, 0.05) is 54.4 Å². The predicted octanol–water partition coefficient (Wildman–Crippen LogP) is 5.61. The van der Waals surface area contributed by atoms with Gasteiger partial charge < -0.3 is 10.2 Å². The van der Waals surface area contributed by atoms with Crippen LogP contribution in [0.4, 0.5) is 17.3 Å². The number of hydrogen-bond donors (Lipinski definition) is 1. The first-order valence-electron chi connectivity index (χ1n) is 13.3. The number of fused-ring (bicyclic) bond motifs is 1. The SMILES string of the molecule is CC(C)c1ccc(N2C[C@H](CS(C)(=O)=O)[C@H]2C)c2cnc(Nc3ccnc(-c4cn(C5CC5)nc4Cl)n3)cc12. The molecule has 2 atom stereocenters. The normalized spacial score (nSPS) is 19.5. The Morgan fingerprint density at radius 3 is 2.62 bits per heavy atom. The molecule has 0 amide bonds. The maximum atomic E-state index is 11.8. The third kappa shape index (κ3) is 5.19. The average molecular weight is 566 g/mol. The Morgan fingerprint density at radius 1 is 1.13 bits per heavy atom. The number of sulfone groups is 1. The van der Waals surface area contributed by atoms with Crippen LogP contribution >= 0.6 is 11.6 Å². The smallest absolute Gasteiger partial charge is 0.166 e. The lowest BCUT2D eigenvalue weighted by molar-refractivity contribution is 0.342. The molecule has 4 heterocycles. The molecule has 39 heavy (non-hydrogen) atoms. The molecule has 2 aliphatic rings. The molecule has 204 valence electrons. The van der Waals surface area contributed by atoms with Crippen molar-refractivity contribution in [3.63, 3.8) is 0 Å². The number of hydrogen-bond acceptors (Lipinski definition) is 8. The van der Waals surface area contributed by atoms with E-state index in [1.54, 1.807) is 12.3 Å². The Kier molecular flexibility index (Phi) is 6.50. The summed E-state index contributed by atoms with van der Waals surface area (Å²) in [6.07, 6.45) is 9.06. The monoisotopic (exact) mass is 565 g/mol. The van der Waals surface area contributed by atoms with Gasteiger partial charge in [0.25, 0.3) is 0 Å². The topological polar surface area (TPSA) is 106 Å². The van der Waals surface area contributed by atoms with Gasteiger partial charge in [0.1, 0.15) is 21.5 Å². The van der Waals surface area contributed by atoms with Crippen molar-refractivity contribution in [2.75, 3.05) is 28.8 Å². The summed E-state index contributed by atoms with van der Waals surface area (Å²) in [5.41, 5.74) is 3.02. The van der Waals surface area contributed by atoms with E-state index in [0.29, 0.717) is 46.7 Å². The number of anilines is 3. The molecule has 1 aromatic carbocycles. The summed E-state index contributed by atoms with van der Waals surface area (Å²) in [6, 6.07) is 8.74. The second-order valence-corrected chi connectivity index (χ2v) is 13.7. The van der Waals surface area contributed by atoms with Crippen LogP contribution in [0.15, 0.2) is 42.9 Å². The zero-order valence-corrected chi connectivity index (χ0v) is 24.0. The standard InChI is InChI=1S/C28H32ClN7O2S/c1-16(2)20-7-8-24(35-13-18(17(35)3)15-39(4,37)38)22-12-31-26(11-21(20)22)32-25-9-10-30-28(33-25)23-14-36(19-5-6-19)34-27(23)29/h7-12,14,16-19H,5-6,13,15H2,1-4H3,(H,30,31,32,33)/t17-,18-/m1/s1. The van der Waals surface area contributed by atoms with E-state index in [1.807, 2.05) is 17.1 Å². The highest BCUT2D eigenvalue weighted by Gasteiger charge is 2.38. The number of pyridine rings is 1. The Labute approximate surface area is 233 Å². The molecule has 0 spiro atoms. The molecule has 1 aliphatic heterocycles. The van der Waals surface area contributed by atoms with Crippen LogP contribution < -0.4 is 10.2 Å². The van der Waals surface area contributed by atoms with Crippen molar-refractivity contribution in [3.05, 3.63) is 53.6 Å². The van der Waals surface area contributed by atoms with Crippen molar-refractivity contribution >= 4 is 49.5 Å². The molecule has 0 radical (unpaired) electrons. The van der Waals surface area contributed by atoms with E-state index in [0.717, 1.165) is 29.3 Å². The van der Waals surface area contributed by atoms with E-state index in [-0.39, 0.29) is 17.7 Å². The van der Waals surface area contributed by atoms with E-state index in [1.165, 1.54) is 11.8 Å². The lowest BCUT2D eigenvalue weighted by Crippen LogP contribution is -2.57. The summed E-state index contributed by atoms with van der Waals surface area (Å²) < 4.78 is 25.6. The van der Waals surface area contributed by atoms with Gasteiger partial charge in [0.05, 0.1) is 17.4 Å². The molecule has 2 fully saturated rings. The highest BCUT2D eigenvalue weighted by Crippen LogP contribution is 2.40. The van der Waals surface area contributed by atoms with Gasteiger partial charge in [-0.2, -0.15) is 5.10 Å². The van der Waals surface area contributed by atoms with Crippen molar-refractivity contribution in [1.29, 1.82) is 0 Å². The molecular formula is C28H32ClN7O2S. The van der Waals surface area contributed by atoms with Gasteiger partial charge in [0.2, 0.25) is 0 Å². The zero-order chi connectivity index (χ0) is 27.5. The summed E-state index contributed by atoms with van der Waals surface area (Å²) in [5, 5.41) is 10.3. The summed E-state index contributed by atoms with van der Waals surface area (Å²) >= 11 is 6.41. The molecule has 3 aromatic heterocycles. The van der Waals surface area contributed by atoms with Gasteiger partial charge >= 0.3 is 0 Å². The lowest BCUT2D eigenvalue weighted by Gasteiger charge is -2.48. The predicted molar refractivity (Wildman–Crippen MR) is 156 cm³/mol. The van der Waals surface area contributed by atoms with Crippen LogP contribution in [0.2, 0.25) is 5.15 Å². The van der Waals surface area contributed by atoms with Crippen LogP contribution in [-0.2, 0) is 9.84 Å². The number of halogens is 1. The van der Waals surface area contributed by atoms with Crippen LogP contribution in [0.5, 0.6) is 0 Å². The third-order valence-corrected chi connectivity index (χ3v) is 9.04. The molecule has 1 saturated carbocycles. The average Bonchev–Trinajstić information content (AvgIpc) is 3.66. The quantitative estimate of drug-likeness (QED) is 0.294. The first-order valence-corrected chi connectivity index (χ1v) is 15.7. The molecule has 11 heteroatoms. The zero-order valence-electron chi connectivity index (χ0n) is 22.5. The fourth-order valence-electron chi connectivity index (χ4n) is 5.39. The Hall–Kier alpha value is -3.24. The fraction of sp³-hybridized carbons (Fsp3) is 0.429. The molecule has 6 rings (SSSR count). The highest BCUT2D eigenvalue weighted by atomic mass is 35.5. The van der Waals surface area contributed by atoms with Gasteiger partial charge in [-0.1, -0.05) is 31.5 Å². The van der Waals surface area contributed by atoms with Gasteiger partial charge in [0.15, 0.2) is 11.0 Å². The second kappa shape index (κ2) is 9.75. The first kappa shape index (κ1) is 26.0. The summed E-state index contributed by atoms with van der Waals surface area (Å²) in [7, 11) is -3.01. The van der Waals surface area contributed by atoms with E-state index < -0.39 is 9.84 Å². The van der Waals surface area contributed by atoms with Crippen molar-refractivity contribution < 1.29 is 8.42 Å². The van der Waals surface area contributed by atoms with E-state index in [9.17, 15) is 8.42 Å². The maximum absolute atomic E-state index is 11.8. The van der Waals surface area contributed by atoms with Crippen molar-refractivity contribution in [3.8, 4) is 11.4 Å². The van der Waals surface area contributed by atoms with Crippen molar-refractivity contribution in [2.24, 2.45) is 5.92 Å². The minimum atomic E-state index is -3.01. The third-order valence-electron chi connectivity index (χ3n) is 7.73. The second-order valence-electron chi connectivity index (χ2n) is 11.1. The molecule has 9 nitrogen and oxygen atoms in total.